The Hall–Kier alpha value is -2.84. The van der Waals surface area contributed by atoms with E-state index in [4.69, 9.17) is 16.0 Å². The number of benzene rings is 1. The van der Waals surface area contributed by atoms with E-state index in [9.17, 15) is 9.59 Å². The van der Waals surface area contributed by atoms with E-state index in [-0.39, 0.29) is 17.9 Å². The first-order valence-corrected chi connectivity index (χ1v) is 12.8. The molecule has 1 aromatic carbocycles. The van der Waals surface area contributed by atoms with Crippen LogP contribution < -0.4 is 0 Å². The van der Waals surface area contributed by atoms with Gasteiger partial charge in [0.05, 0.1) is 11.4 Å². The normalized spacial score (nSPS) is 16.0. The van der Waals surface area contributed by atoms with E-state index >= 15 is 0 Å². The molecule has 0 N–H and O–H groups in total. The van der Waals surface area contributed by atoms with Gasteiger partial charge >= 0.3 is 0 Å². The fourth-order valence-corrected chi connectivity index (χ4v) is 4.75. The number of carbonyl (C=O) groups is 2. The molecule has 0 saturated carbocycles. The van der Waals surface area contributed by atoms with Gasteiger partial charge in [0.15, 0.2) is 5.76 Å². The van der Waals surface area contributed by atoms with Gasteiger partial charge in [-0.3, -0.25) is 9.59 Å². The van der Waals surface area contributed by atoms with E-state index in [1.807, 2.05) is 60.4 Å². The fourth-order valence-electron chi connectivity index (χ4n) is 3.91. The van der Waals surface area contributed by atoms with Crippen molar-refractivity contribution in [1.29, 1.82) is 0 Å². The lowest BCUT2D eigenvalue weighted by Gasteiger charge is -2.39. The smallest absolute Gasteiger partial charge is 0.289 e. The van der Waals surface area contributed by atoms with Crippen LogP contribution in [0.15, 0.2) is 64.0 Å². The number of rotatable bonds is 8. The minimum absolute atomic E-state index is 0.0389. The van der Waals surface area contributed by atoms with Gasteiger partial charge in [-0.1, -0.05) is 42.1 Å². The Balaban J connectivity index is 1.29. The van der Waals surface area contributed by atoms with Gasteiger partial charge in [-0.2, -0.15) is 0 Å². The van der Waals surface area contributed by atoms with Crippen molar-refractivity contribution in [3.63, 3.8) is 0 Å². The molecular weight excluding hydrogens is 472 g/mol. The second-order valence-electron chi connectivity index (χ2n) is 8.16. The number of aromatic nitrogens is 2. The monoisotopic (exact) mass is 498 g/mol. The molecule has 1 aliphatic heterocycles. The molecule has 0 bridgehead atoms. The number of alkyl halides is 1. The third kappa shape index (κ3) is 5.98. The average Bonchev–Trinajstić information content (AvgIpc) is 3.35. The van der Waals surface area contributed by atoms with Gasteiger partial charge in [0.1, 0.15) is 10.8 Å². The van der Waals surface area contributed by atoms with Crippen LogP contribution in [0, 0.1) is 0 Å². The topological polar surface area (TPSA) is 79.5 Å². The maximum atomic E-state index is 12.9. The highest BCUT2D eigenvalue weighted by atomic mass is 35.5. The summed E-state index contributed by atoms with van der Waals surface area (Å²) in [4.78, 5) is 28.9. The van der Waals surface area contributed by atoms with E-state index in [1.54, 1.807) is 11.0 Å². The molecule has 7 nitrogen and oxygen atoms in total. The molecule has 2 amide bonds. The highest BCUT2D eigenvalue weighted by molar-refractivity contribution is 7.98. The minimum atomic E-state index is -0.150. The maximum Gasteiger partial charge on any atom is 0.289 e. The Labute approximate surface area is 208 Å². The van der Waals surface area contributed by atoms with Crippen molar-refractivity contribution in [2.75, 3.05) is 25.5 Å². The molecule has 9 heteroatoms. The molecule has 1 atom stereocenters. The molecule has 3 heterocycles. The van der Waals surface area contributed by atoms with Crippen molar-refractivity contribution < 1.29 is 14.0 Å². The summed E-state index contributed by atoms with van der Waals surface area (Å²) in [5, 5.41) is 9.38. The Kier molecular flexibility index (Phi) is 8.24. The summed E-state index contributed by atoms with van der Waals surface area (Å²) in [6.07, 6.45) is 1.11. The van der Waals surface area contributed by atoms with E-state index in [2.05, 4.69) is 10.2 Å². The zero-order valence-corrected chi connectivity index (χ0v) is 20.6. The number of thioether (sulfide) groups is 1. The van der Waals surface area contributed by atoms with Gasteiger partial charge < -0.3 is 14.2 Å². The molecule has 178 valence electrons. The summed E-state index contributed by atoms with van der Waals surface area (Å²) in [5.74, 6) is 1.98. The summed E-state index contributed by atoms with van der Waals surface area (Å²) in [6.45, 7) is 3.46. The number of halogens is 1. The summed E-state index contributed by atoms with van der Waals surface area (Å²) < 4.78 is 5.82. The van der Waals surface area contributed by atoms with Crippen molar-refractivity contribution in [2.45, 2.75) is 36.6 Å². The number of amides is 2. The first-order chi connectivity index (χ1) is 16.5. The molecule has 3 aromatic rings. The molecule has 1 aliphatic rings. The van der Waals surface area contributed by atoms with E-state index in [0.717, 1.165) is 16.3 Å². The molecule has 0 radical (unpaired) electrons. The lowest BCUT2D eigenvalue weighted by molar-refractivity contribution is -0.135. The van der Waals surface area contributed by atoms with Crippen molar-refractivity contribution >= 4 is 35.2 Å². The first-order valence-electron chi connectivity index (χ1n) is 11.3. The van der Waals surface area contributed by atoms with Gasteiger partial charge in [-0.15, -0.1) is 21.8 Å². The van der Waals surface area contributed by atoms with Gasteiger partial charge in [0.2, 0.25) is 5.91 Å². The molecule has 0 aliphatic carbocycles. The molecule has 34 heavy (non-hydrogen) atoms. The van der Waals surface area contributed by atoms with Gasteiger partial charge in [-0.05, 0) is 37.6 Å². The molecule has 4 rings (SSSR count). The number of furan rings is 1. The average molecular weight is 499 g/mol. The zero-order valence-electron chi connectivity index (χ0n) is 19.0. The molecular formula is C25H27ClN4O3S. The predicted molar refractivity (Wildman–Crippen MR) is 133 cm³/mol. The number of hydrogen-bond acceptors (Lipinski definition) is 6. The number of hydrogen-bond donors (Lipinski definition) is 0. The number of nitrogens with zero attached hydrogens (tertiary/aromatic N) is 4. The highest BCUT2D eigenvalue weighted by Crippen LogP contribution is 2.24. The Morgan fingerprint density at radius 3 is 2.62 bits per heavy atom. The first kappa shape index (κ1) is 24.3. The third-order valence-corrected chi connectivity index (χ3v) is 6.91. The fraction of sp³-hybridized carbons (Fsp3) is 0.360. The molecule has 1 saturated heterocycles. The van der Waals surface area contributed by atoms with Crippen molar-refractivity contribution in [2.24, 2.45) is 0 Å². The predicted octanol–water partition coefficient (Wildman–Crippen LogP) is 4.72. The van der Waals surface area contributed by atoms with Crippen LogP contribution in [-0.2, 0) is 10.5 Å². The highest BCUT2D eigenvalue weighted by Gasteiger charge is 2.30. The Morgan fingerprint density at radius 1 is 1.09 bits per heavy atom. The molecule has 1 fully saturated rings. The summed E-state index contributed by atoms with van der Waals surface area (Å²) in [5.41, 5.74) is 1.85. The van der Waals surface area contributed by atoms with Crippen LogP contribution in [0.4, 0.5) is 0 Å². The van der Waals surface area contributed by atoms with E-state index in [0.29, 0.717) is 55.6 Å². The van der Waals surface area contributed by atoms with Crippen LogP contribution in [0.1, 0.15) is 36.1 Å². The SMILES string of the molecule is CC1CN(C(=O)c2ccc(CSc3ccc(-c4ccccc4)nn3)o2)CCN1C(=O)CCCCl. The number of piperazine rings is 1. The van der Waals surface area contributed by atoms with Crippen LogP contribution >= 0.6 is 23.4 Å². The van der Waals surface area contributed by atoms with E-state index < -0.39 is 0 Å². The van der Waals surface area contributed by atoms with E-state index in [1.165, 1.54) is 11.8 Å². The quantitative estimate of drug-likeness (QED) is 0.330. The third-order valence-electron chi connectivity index (χ3n) is 5.70. The standard InChI is InChI=1S/C25H27ClN4O3S/c1-18-16-29(14-15-30(18)24(31)8-5-13-26)25(32)22-11-9-20(33-22)17-34-23-12-10-21(27-28-23)19-6-3-2-4-7-19/h2-4,6-7,9-12,18H,5,8,13-17H2,1H3. The van der Waals surface area contributed by atoms with Crippen LogP contribution in [0.25, 0.3) is 11.3 Å². The Morgan fingerprint density at radius 2 is 1.91 bits per heavy atom. The van der Waals surface area contributed by atoms with Gasteiger partial charge in [-0.25, -0.2) is 0 Å². The largest absolute Gasteiger partial charge is 0.455 e. The van der Waals surface area contributed by atoms with Crippen LogP contribution in [0.2, 0.25) is 0 Å². The lowest BCUT2D eigenvalue weighted by atomic mass is 10.1. The molecule has 0 spiro atoms. The van der Waals surface area contributed by atoms with Crippen LogP contribution in [-0.4, -0.2) is 63.4 Å². The van der Waals surface area contributed by atoms with Crippen LogP contribution in [0.3, 0.4) is 0 Å². The van der Waals surface area contributed by atoms with Crippen molar-refractivity contribution in [3.8, 4) is 11.3 Å². The zero-order chi connectivity index (χ0) is 23.9. The van der Waals surface area contributed by atoms with Crippen LogP contribution in [0.5, 0.6) is 0 Å². The van der Waals surface area contributed by atoms with Crippen molar-refractivity contribution in [3.05, 3.63) is 66.1 Å². The summed E-state index contributed by atoms with van der Waals surface area (Å²) >= 11 is 7.20. The molecule has 1 unspecified atom stereocenters. The van der Waals surface area contributed by atoms with Gasteiger partial charge in [0.25, 0.3) is 5.91 Å². The molecule has 2 aromatic heterocycles. The maximum absolute atomic E-state index is 12.9. The summed E-state index contributed by atoms with van der Waals surface area (Å²) in [7, 11) is 0. The number of carbonyl (C=O) groups excluding carboxylic acids is 2. The summed E-state index contributed by atoms with van der Waals surface area (Å²) in [6, 6.07) is 17.3. The second-order valence-corrected chi connectivity index (χ2v) is 9.53. The Bertz CT molecular complexity index is 1110. The van der Waals surface area contributed by atoms with Gasteiger partial charge in [0, 0.05) is 43.5 Å². The lowest BCUT2D eigenvalue weighted by Crippen LogP contribution is -2.55. The second kappa shape index (κ2) is 11.5. The minimum Gasteiger partial charge on any atom is -0.455 e. The van der Waals surface area contributed by atoms with Crippen molar-refractivity contribution in [1.82, 2.24) is 20.0 Å².